The maximum atomic E-state index is 13.2. The molecule has 2 aliphatic rings. The third kappa shape index (κ3) is 4.07. The Morgan fingerprint density at radius 2 is 1.87 bits per heavy atom. The fourth-order valence-electron chi connectivity index (χ4n) is 4.71. The van der Waals surface area contributed by atoms with E-state index in [0.717, 1.165) is 36.7 Å². The molecule has 0 spiro atoms. The van der Waals surface area contributed by atoms with Gasteiger partial charge in [0.1, 0.15) is 6.04 Å². The summed E-state index contributed by atoms with van der Waals surface area (Å²) in [4.78, 5) is 45.0. The topological polar surface area (TPSA) is 97.2 Å². The van der Waals surface area contributed by atoms with Crippen molar-refractivity contribution in [3.8, 4) is 0 Å². The minimum atomic E-state index is -0.799. The van der Waals surface area contributed by atoms with Crippen LogP contribution in [0.4, 0.5) is 5.69 Å². The second kappa shape index (κ2) is 8.98. The normalized spacial score (nSPS) is 22.3. The van der Waals surface area contributed by atoms with Gasteiger partial charge in [-0.2, -0.15) is 16.9 Å². The Kier molecular flexibility index (Phi) is 6.31. The van der Waals surface area contributed by atoms with Gasteiger partial charge in [0.2, 0.25) is 17.7 Å². The van der Waals surface area contributed by atoms with E-state index in [4.69, 9.17) is 0 Å². The summed E-state index contributed by atoms with van der Waals surface area (Å²) in [6.07, 6.45) is 9.11. The zero-order valence-electron chi connectivity index (χ0n) is 18.2. The number of hydrogen-bond acceptors (Lipinski definition) is 6. The first-order valence-corrected chi connectivity index (χ1v) is 12.3. The van der Waals surface area contributed by atoms with Crippen LogP contribution in [0.2, 0.25) is 0 Å². The van der Waals surface area contributed by atoms with Gasteiger partial charge in [-0.15, -0.1) is 0 Å². The van der Waals surface area contributed by atoms with Crippen LogP contribution in [0.25, 0.3) is 11.0 Å². The number of nitrogens with zero attached hydrogens (tertiary/aromatic N) is 4. The summed E-state index contributed by atoms with van der Waals surface area (Å²) in [7, 11) is 0. The van der Waals surface area contributed by atoms with Crippen LogP contribution in [-0.2, 0) is 14.4 Å². The molecule has 2 fully saturated rings. The summed E-state index contributed by atoms with van der Waals surface area (Å²) in [6, 6.07) is 1.20. The van der Waals surface area contributed by atoms with E-state index in [1.165, 1.54) is 4.90 Å². The highest BCUT2D eigenvalue weighted by Crippen LogP contribution is 2.39. The van der Waals surface area contributed by atoms with Crippen molar-refractivity contribution in [2.75, 3.05) is 17.3 Å². The first kappa shape index (κ1) is 21.8. The van der Waals surface area contributed by atoms with Crippen LogP contribution in [-0.4, -0.2) is 55.4 Å². The molecule has 31 heavy (non-hydrogen) atoms. The second-order valence-electron chi connectivity index (χ2n) is 8.65. The van der Waals surface area contributed by atoms with E-state index >= 15 is 0 Å². The van der Waals surface area contributed by atoms with E-state index in [2.05, 4.69) is 15.4 Å². The lowest BCUT2D eigenvalue weighted by molar-refractivity contribution is -0.146. The minimum absolute atomic E-state index is 0.178. The Morgan fingerprint density at radius 3 is 2.48 bits per heavy atom. The van der Waals surface area contributed by atoms with Crippen molar-refractivity contribution < 1.29 is 14.4 Å². The zero-order valence-corrected chi connectivity index (χ0v) is 19.0. The van der Waals surface area contributed by atoms with Crippen LogP contribution in [0.1, 0.15) is 52.0 Å². The van der Waals surface area contributed by atoms with Gasteiger partial charge in [-0.25, -0.2) is 9.67 Å². The Balaban J connectivity index is 1.57. The molecule has 3 amide bonds. The number of hydrogen-bond donors (Lipinski definition) is 1. The summed E-state index contributed by atoms with van der Waals surface area (Å²) in [5.41, 5.74) is 1.28. The number of carbonyl (C=O) groups excluding carboxylic acids is 3. The van der Waals surface area contributed by atoms with Gasteiger partial charge in [0.15, 0.2) is 5.65 Å². The molecule has 0 radical (unpaired) electrons. The number of likely N-dealkylation sites (tertiary alicyclic amines) is 1. The lowest BCUT2D eigenvalue weighted by Gasteiger charge is -2.25. The smallest absolute Gasteiger partial charge is 0.247 e. The quantitative estimate of drug-likeness (QED) is 0.660. The Hall–Kier alpha value is -2.42. The highest BCUT2D eigenvalue weighted by Gasteiger charge is 2.51. The van der Waals surface area contributed by atoms with Crippen LogP contribution >= 0.6 is 11.8 Å². The molecule has 1 saturated heterocycles. The number of rotatable bonds is 7. The maximum Gasteiger partial charge on any atom is 0.247 e. The van der Waals surface area contributed by atoms with Crippen molar-refractivity contribution >= 4 is 46.2 Å². The van der Waals surface area contributed by atoms with Gasteiger partial charge in [-0.1, -0.05) is 12.8 Å². The Morgan fingerprint density at radius 1 is 1.19 bits per heavy atom. The number of imide groups is 1. The molecule has 8 nitrogen and oxygen atoms in total. The zero-order chi connectivity index (χ0) is 22.1. The summed E-state index contributed by atoms with van der Waals surface area (Å²) in [6.45, 7) is 4.06. The first-order valence-electron chi connectivity index (χ1n) is 10.9. The molecule has 3 heterocycles. The predicted octanol–water partition coefficient (Wildman–Crippen LogP) is 3.25. The Bertz CT molecular complexity index is 980. The maximum absolute atomic E-state index is 13.2. The molecule has 1 N–H and O–H groups in total. The monoisotopic (exact) mass is 443 g/mol. The minimum Gasteiger partial charge on any atom is -0.323 e. The van der Waals surface area contributed by atoms with Crippen LogP contribution in [0, 0.1) is 11.8 Å². The molecule has 9 heteroatoms. The largest absolute Gasteiger partial charge is 0.323 e. The molecule has 2 aromatic rings. The first-order chi connectivity index (χ1) is 14.9. The van der Waals surface area contributed by atoms with Gasteiger partial charge in [0.25, 0.3) is 0 Å². The molecule has 4 rings (SSSR count). The van der Waals surface area contributed by atoms with Crippen molar-refractivity contribution in [2.45, 2.75) is 58.0 Å². The van der Waals surface area contributed by atoms with E-state index in [1.54, 1.807) is 24.2 Å². The van der Waals surface area contributed by atoms with Crippen molar-refractivity contribution in [2.24, 2.45) is 11.8 Å². The molecular formula is C22H29N5O3S. The summed E-state index contributed by atoms with van der Waals surface area (Å²) in [5.74, 6) is -0.531. The van der Waals surface area contributed by atoms with E-state index in [9.17, 15) is 14.4 Å². The third-order valence-corrected chi connectivity index (χ3v) is 6.92. The molecule has 3 unspecified atom stereocenters. The number of thioether (sulfide) groups is 1. The fraction of sp³-hybridized carbons (Fsp3) is 0.591. The summed E-state index contributed by atoms with van der Waals surface area (Å²) >= 11 is 1.60. The summed E-state index contributed by atoms with van der Waals surface area (Å²) in [5, 5.41) is 8.07. The number of aromatic nitrogens is 3. The number of anilines is 1. The highest BCUT2D eigenvalue weighted by molar-refractivity contribution is 7.98. The fourth-order valence-corrected chi connectivity index (χ4v) is 5.17. The van der Waals surface area contributed by atoms with Gasteiger partial charge >= 0.3 is 0 Å². The van der Waals surface area contributed by atoms with E-state index in [1.807, 2.05) is 30.9 Å². The SMILES string of the molecule is CSCCC(C(=O)Nc1cnc2c(cnn2C(C)C)c1)N1C(=O)C2CCCCC2C1=O. The van der Waals surface area contributed by atoms with Gasteiger partial charge in [0, 0.05) is 11.4 Å². The number of carbonyl (C=O) groups is 3. The molecule has 1 aliphatic heterocycles. The lowest BCUT2D eigenvalue weighted by atomic mass is 9.81. The van der Waals surface area contributed by atoms with Crippen molar-refractivity contribution in [1.82, 2.24) is 19.7 Å². The predicted molar refractivity (Wildman–Crippen MR) is 121 cm³/mol. The molecule has 3 atom stereocenters. The van der Waals surface area contributed by atoms with Gasteiger partial charge < -0.3 is 5.32 Å². The third-order valence-electron chi connectivity index (χ3n) is 6.27. The molecule has 166 valence electrons. The van der Waals surface area contributed by atoms with Gasteiger partial charge in [-0.05, 0) is 51.2 Å². The van der Waals surface area contributed by atoms with Gasteiger partial charge in [-0.3, -0.25) is 19.3 Å². The molecule has 2 aromatic heterocycles. The lowest BCUT2D eigenvalue weighted by Crippen LogP contribution is -2.48. The van der Waals surface area contributed by atoms with Crippen LogP contribution in [0.15, 0.2) is 18.5 Å². The average molecular weight is 444 g/mol. The van der Waals surface area contributed by atoms with Crippen LogP contribution in [0.3, 0.4) is 0 Å². The molecular weight excluding hydrogens is 414 g/mol. The van der Waals surface area contributed by atoms with E-state index < -0.39 is 6.04 Å². The average Bonchev–Trinajstić information content (AvgIpc) is 3.29. The van der Waals surface area contributed by atoms with Crippen molar-refractivity contribution in [1.29, 1.82) is 0 Å². The Labute approximate surface area is 186 Å². The number of fused-ring (bicyclic) bond motifs is 2. The molecule has 0 aromatic carbocycles. The molecule has 1 aliphatic carbocycles. The van der Waals surface area contributed by atoms with Crippen molar-refractivity contribution in [3.05, 3.63) is 18.5 Å². The van der Waals surface area contributed by atoms with Crippen LogP contribution < -0.4 is 5.32 Å². The van der Waals surface area contributed by atoms with E-state index in [0.29, 0.717) is 17.9 Å². The number of pyridine rings is 1. The highest BCUT2D eigenvalue weighted by atomic mass is 32.2. The van der Waals surface area contributed by atoms with E-state index in [-0.39, 0.29) is 35.6 Å². The standard InChI is InChI=1S/C22H29N5O3S/c1-13(2)27-19-14(11-24-27)10-15(12-23-19)25-20(28)18(8-9-31-3)26-21(29)16-6-4-5-7-17(16)22(26)30/h10-13,16-18H,4-9H2,1-3H3,(H,25,28). The molecule has 1 saturated carbocycles. The summed E-state index contributed by atoms with van der Waals surface area (Å²) < 4.78 is 1.82. The van der Waals surface area contributed by atoms with Crippen LogP contribution in [0.5, 0.6) is 0 Å². The van der Waals surface area contributed by atoms with Gasteiger partial charge in [0.05, 0.1) is 29.9 Å². The number of amides is 3. The number of nitrogens with one attached hydrogen (secondary N) is 1. The molecule has 0 bridgehead atoms. The second-order valence-corrected chi connectivity index (χ2v) is 9.64. The van der Waals surface area contributed by atoms with Crippen molar-refractivity contribution in [3.63, 3.8) is 0 Å².